The first-order valence-corrected chi connectivity index (χ1v) is 7.08. The van der Waals surface area contributed by atoms with Crippen LogP contribution < -0.4 is 10.6 Å². The van der Waals surface area contributed by atoms with Crippen molar-refractivity contribution in [3.05, 3.63) is 57.2 Å². The van der Waals surface area contributed by atoms with Crippen molar-refractivity contribution < 1.29 is 0 Å². The van der Waals surface area contributed by atoms with Crippen molar-refractivity contribution in [1.29, 1.82) is 0 Å². The third-order valence-electron chi connectivity index (χ3n) is 2.86. The molecule has 2 rings (SSSR count). The van der Waals surface area contributed by atoms with Crippen LogP contribution in [0.2, 0.25) is 5.02 Å². The molecule has 0 atom stereocenters. The summed E-state index contributed by atoms with van der Waals surface area (Å²) in [4.78, 5) is 6.48. The molecule has 0 amide bonds. The molecule has 2 aromatic rings. The first-order chi connectivity index (χ1) is 9.11. The summed E-state index contributed by atoms with van der Waals surface area (Å²) >= 11 is 9.58. The molecule has 0 fully saturated rings. The van der Waals surface area contributed by atoms with E-state index in [4.69, 9.17) is 17.3 Å². The van der Waals surface area contributed by atoms with Crippen molar-refractivity contribution in [2.75, 3.05) is 11.9 Å². The number of nitrogens with two attached hydrogens (primary N) is 1. The Hall–Kier alpha value is -1.10. The van der Waals surface area contributed by atoms with E-state index < -0.39 is 0 Å². The van der Waals surface area contributed by atoms with E-state index in [1.165, 1.54) is 0 Å². The number of anilines is 1. The van der Waals surface area contributed by atoms with Gasteiger partial charge in [-0.2, -0.15) is 0 Å². The topological polar surface area (TPSA) is 42.2 Å². The highest BCUT2D eigenvalue weighted by Crippen LogP contribution is 2.23. The van der Waals surface area contributed by atoms with E-state index in [1.807, 2.05) is 37.4 Å². The Morgan fingerprint density at radius 2 is 2.05 bits per heavy atom. The van der Waals surface area contributed by atoms with Crippen molar-refractivity contribution in [2.24, 2.45) is 5.73 Å². The first kappa shape index (κ1) is 14.3. The van der Waals surface area contributed by atoms with Gasteiger partial charge in [-0.25, -0.2) is 4.98 Å². The lowest BCUT2D eigenvalue weighted by molar-refractivity contribution is 0.875. The average Bonchev–Trinajstić information content (AvgIpc) is 2.41. The Balaban J connectivity index is 2.25. The molecule has 0 bridgehead atoms. The number of pyridine rings is 1. The molecule has 0 radical (unpaired) electrons. The van der Waals surface area contributed by atoms with E-state index in [9.17, 15) is 0 Å². The zero-order chi connectivity index (χ0) is 13.8. The zero-order valence-electron chi connectivity index (χ0n) is 10.6. The van der Waals surface area contributed by atoms with E-state index in [-0.39, 0.29) is 0 Å². The molecule has 100 valence electrons. The summed E-state index contributed by atoms with van der Waals surface area (Å²) in [5.41, 5.74) is 7.84. The minimum Gasteiger partial charge on any atom is -0.355 e. The van der Waals surface area contributed by atoms with Crippen molar-refractivity contribution in [2.45, 2.75) is 13.1 Å². The van der Waals surface area contributed by atoms with Gasteiger partial charge in [0.1, 0.15) is 5.82 Å². The fourth-order valence-electron chi connectivity index (χ4n) is 1.92. The maximum Gasteiger partial charge on any atom is 0.133 e. The van der Waals surface area contributed by atoms with Gasteiger partial charge in [-0.1, -0.05) is 29.8 Å². The minimum absolute atomic E-state index is 0.453. The quantitative estimate of drug-likeness (QED) is 0.925. The van der Waals surface area contributed by atoms with Gasteiger partial charge in [-0.15, -0.1) is 0 Å². The van der Waals surface area contributed by atoms with Gasteiger partial charge in [0.15, 0.2) is 0 Å². The highest BCUT2D eigenvalue weighted by atomic mass is 79.9. The summed E-state index contributed by atoms with van der Waals surface area (Å²) < 4.78 is 0.933. The largest absolute Gasteiger partial charge is 0.355 e. The molecule has 1 aromatic carbocycles. The highest BCUT2D eigenvalue weighted by molar-refractivity contribution is 9.10. The van der Waals surface area contributed by atoms with Gasteiger partial charge in [-0.05, 0) is 33.6 Å². The lowest BCUT2D eigenvalue weighted by Crippen LogP contribution is -2.20. The SMILES string of the molecule is CN(Cc1ccccc1Cl)c1ncc(Br)cc1CN. The van der Waals surface area contributed by atoms with Gasteiger partial charge >= 0.3 is 0 Å². The number of aromatic nitrogens is 1. The predicted molar refractivity (Wildman–Crippen MR) is 83.4 cm³/mol. The molecule has 19 heavy (non-hydrogen) atoms. The molecule has 0 spiro atoms. The van der Waals surface area contributed by atoms with Crippen LogP contribution in [0.25, 0.3) is 0 Å². The lowest BCUT2D eigenvalue weighted by atomic mass is 10.2. The third-order valence-corrected chi connectivity index (χ3v) is 3.66. The Labute approximate surface area is 126 Å². The third kappa shape index (κ3) is 3.47. The summed E-state index contributed by atoms with van der Waals surface area (Å²) in [6, 6.07) is 9.80. The van der Waals surface area contributed by atoms with Crippen LogP contribution in [0.1, 0.15) is 11.1 Å². The van der Waals surface area contributed by atoms with Crippen LogP contribution in [0.15, 0.2) is 41.0 Å². The van der Waals surface area contributed by atoms with E-state index in [0.29, 0.717) is 13.1 Å². The Morgan fingerprint density at radius 1 is 1.32 bits per heavy atom. The van der Waals surface area contributed by atoms with Crippen molar-refractivity contribution >= 4 is 33.3 Å². The second-order valence-corrected chi connectivity index (χ2v) is 5.61. The summed E-state index contributed by atoms with van der Waals surface area (Å²) in [6.45, 7) is 1.15. The van der Waals surface area contributed by atoms with Crippen LogP contribution in [0.5, 0.6) is 0 Å². The maximum absolute atomic E-state index is 6.18. The summed E-state index contributed by atoms with van der Waals surface area (Å²) in [5, 5.41) is 0.765. The maximum atomic E-state index is 6.18. The number of hydrogen-bond donors (Lipinski definition) is 1. The molecule has 1 heterocycles. The smallest absolute Gasteiger partial charge is 0.133 e. The van der Waals surface area contributed by atoms with E-state index in [2.05, 4.69) is 25.8 Å². The van der Waals surface area contributed by atoms with Crippen molar-refractivity contribution in [3.63, 3.8) is 0 Å². The summed E-state index contributed by atoms with van der Waals surface area (Å²) in [7, 11) is 1.98. The Morgan fingerprint density at radius 3 is 2.74 bits per heavy atom. The molecule has 0 unspecified atom stereocenters. The van der Waals surface area contributed by atoms with Crippen LogP contribution in [-0.4, -0.2) is 12.0 Å². The van der Waals surface area contributed by atoms with Crippen LogP contribution in [-0.2, 0) is 13.1 Å². The molecule has 0 aliphatic carbocycles. The lowest BCUT2D eigenvalue weighted by Gasteiger charge is -2.21. The van der Waals surface area contributed by atoms with Crippen LogP contribution in [0.3, 0.4) is 0 Å². The van der Waals surface area contributed by atoms with Crippen molar-refractivity contribution in [1.82, 2.24) is 4.98 Å². The van der Waals surface area contributed by atoms with E-state index >= 15 is 0 Å². The standard InChI is InChI=1S/C14H15BrClN3/c1-19(9-10-4-2-3-5-13(10)16)14-11(7-17)6-12(15)8-18-14/h2-6,8H,7,9,17H2,1H3. The summed E-state index contributed by atoms with van der Waals surface area (Å²) in [6.07, 6.45) is 1.78. The second-order valence-electron chi connectivity index (χ2n) is 4.29. The molecule has 0 saturated heterocycles. The number of hydrogen-bond acceptors (Lipinski definition) is 3. The Bertz CT molecular complexity index is 574. The van der Waals surface area contributed by atoms with Crippen LogP contribution in [0.4, 0.5) is 5.82 Å². The Kier molecular flexibility index (Phi) is 4.80. The van der Waals surface area contributed by atoms with Crippen molar-refractivity contribution in [3.8, 4) is 0 Å². The number of benzene rings is 1. The van der Waals surface area contributed by atoms with E-state index in [1.54, 1.807) is 6.20 Å². The monoisotopic (exact) mass is 339 g/mol. The number of nitrogens with zero attached hydrogens (tertiary/aromatic N) is 2. The second kappa shape index (κ2) is 6.37. The van der Waals surface area contributed by atoms with E-state index in [0.717, 1.165) is 26.4 Å². The van der Waals surface area contributed by atoms with Gasteiger partial charge in [0.05, 0.1) is 0 Å². The molecule has 5 heteroatoms. The minimum atomic E-state index is 0.453. The van der Waals surface area contributed by atoms with Crippen LogP contribution in [0, 0.1) is 0 Å². The summed E-state index contributed by atoms with van der Waals surface area (Å²) in [5.74, 6) is 0.880. The predicted octanol–water partition coefficient (Wildman–Crippen LogP) is 3.59. The van der Waals surface area contributed by atoms with Gasteiger partial charge in [0, 0.05) is 41.4 Å². The fraction of sp³-hybridized carbons (Fsp3) is 0.214. The number of rotatable bonds is 4. The molecule has 0 aliphatic rings. The molecule has 3 nitrogen and oxygen atoms in total. The fourth-order valence-corrected chi connectivity index (χ4v) is 2.50. The first-order valence-electron chi connectivity index (χ1n) is 5.91. The van der Waals surface area contributed by atoms with Gasteiger partial charge in [0.2, 0.25) is 0 Å². The zero-order valence-corrected chi connectivity index (χ0v) is 12.9. The molecule has 0 aliphatic heterocycles. The van der Waals surface area contributed by atoms with Gasteiger partial charge in [0.25, 0.3) is 0 Å². The number of halogens is 2. The molecular weight excluding hydrogens is 326 g/mol. The van der Waals surface area contributed by atoms with Crippen LogP contribution >= 0.6 is 27.5 Å². The van der Waals surface area contributed by atoms with Gasteiger partial charge < -0.3 is 10.6 Å². The molecular formula is C14H15BrClN3. The highest BCUT2D eigenvalue weighted by Gasteiger charge is 2.10. The normalized spacial score (nSPS) is 10.5. The average molecular weight is 341 g/mol. The molecule has 2 N–H and O–H groups in total. The van der Waals surface area contributed by atoms with Gasteiger partial charge in [-0.3, -0.25) is 0 Å². The molecule has 0 saturated carbocycles. The molecule has 1 aromatic heterocycles.